The highest BCUT2D eigenvalue weighted by molar-refractivity contribution is 5.47. The Hall–Kier alpha value is -1.33. The summed E-state index contributed by atoms with van der Waals surface area (Å²) in [6.45, 7) is 6.32. The highest BCUT2D eigenvalue weighted by Gasteiger charge is 2.40. The fourth-order valence-electron chi connectivity index (χ4n) is 1.57. The van der Waals surface area contributed by atoms with Gasteiger partial charge in [0, 0.05) is 19.4 Å². The molecule has 1 aromatic rings. The van der Waals surface area contributed by atoms with Gasteiger partial charge in [0.05, 0.1) is 11.9 Å². The van der Waals surface area contributed by atoms with Crippen molar-refractivity contribution in [2.75, 3.05) is 5.01 Å². The molecule has 16 heavy (non-hydrogen) atoms. The minimum absolute atomic E-state index is 0.0551. The molecule has 0 bridgehead atoms. The van der Waals surface area contributed by atoms with Crippen LogP contribution in [0.2, 0.25) is 0 Å². The van der Waals surface area contributed by atoms with E-state index in [9.17, 15) is 0 Å². The van der Waals surface area contributed by atoms with Crippen molar-refractivity contribution in [3.05, 3.63) is 24.7 Å². The monoisotopic (exact) mass is 221 g/mol. The van der Waals surface area contributed by atoms with Crippen LogP contribution in [0.5, 0.6) is 0 Å². The third kappa shape index (κ3) is 1.72. The zero-order chi connectivity index (χ0) is 12.0. The Kier molecular flexibility index (Phi) is 2.32. The van der Waals surface area contributed by atoms with Crippen molar-refractivity contribution >= 4 is 5.69 Å². The first kappa shape index (κ1) is 11.2. The quantitative estimate of drug-likeness (QED) is 0.741. The predicted molar refractivity (Wildman–Crippen MR) is 64.3 cm³/mol. The summed E-state index contributed by atoms with van der Waals surface area (Å²) in [5, 5.41) is 6.03. The second-order valence-electron chi connectivity index (χ2n) is 5.29. The first-order chi connectivity index (χ1) is 7.32. The molecule has 1 aliphatic heterocycles. The lowest BCUT2D eigenvalue weighted by atomic mass is 9.82. The molecule has 0 amide bonds. The van der Waals surface area contributed by atoms with Crippen molar-refractivity contribution in [2.45, 2.75) is 26.4 Å². The summed E-state index contributed by atoms with van der Waals surface area (Å²) < 4.78 is 1.76. The number of hydrogen-bond donors (Lipinski definition) is 2. The van der Waals surface area contributed by atoms with Gasteiger partial charge in [0.1, 0.15) is 5.66 Å². The van der Waals surface area contributed by atoms with E-state index in [1.54, 1.807) is 10.9 Å². The van der Waals surface area contributed by atoms with Crippen molar-refractivity contribution in [1.82, 2.24) is 15.2 Å². The lowest BCUT2D eigenvalue weighted by Crippen LogP contribution is -2.61. The first-order valence-corrected chi connectivity index (χ1v) is 5.36. The zero-order valence-electron chi connectivity index (χ0n) is 10.2. The largest absolute Gasteiger partial charge is 0.308 e. The van der Waals surface area contributed by atoms with Gasteiger partial charge in [-0.3, -0.25) is 9.69 Å². The first-order valence-electron chi connectivity index (χ1n) is 5.36. The van der Waals surface area contributed by atoms with Crippen molar-refractivity contribution in [1.29, 1.82) is 0 Å². The van der Waals surface area contributed by atoms with E-state index in [0.717, 1.165) is 5.69 Å². The van der Waals surface area contributed by atoms with E-state index in [1.807, 2.05) is 30.5 Å². The highest BCUT2D eigenvalue weighted by atomic mass is 15.6. The van der Waals surface area contributed by atoms with Crippen LogP contribution in [0.4, 0.5) is 5.69 Å². The third-order valence-electron chi connectivity index (χ3n) is 3.00. The SMILES string of the molecule is Cn1cc(N2C=CC(N)(C(C)(C)C)N2)cn1. The second-order valence-corrected chi connectivity index (χ2v) is 5.29. The Morgan fingerprint density at radius 3 is 2.56 bits per heavy atom. The Morgan fingerprint density at radius 2 is 2.12 bits per heavy atom. The van der Waals surface area contributed by atoms with Crippen LogP contribution in [0, 0.1) is 5.41 Å². The molecule has 3 N–H and O–H groups in total. The maximum atomic E-state index is 6.30. The second kappa shape index (κ2) is 3.33. The molecule has 1 aliphatic rings. The van der Waals surface area contributed by atoms with Crippen LogP contribution in [0.1, 0.15) is 20.8 Å². The van der Waals surface area contributed by atoms with E-state index in [4.69, 9.17) is 5.73 Å². The van der Waals surface area contributed by atoms with Crippen LogP contribution in [0.3, 0.4) is 0 Å². The molecule has 0 aliphatic carbocycles. The standard InChI is InChI=1S/C11H19N5/c1-10(2,3)11(12)5-6-16(14-11)9-7-13-15(4)8-9/h5-8,14H,12H2,1-4H3. The van der Waals surface area contributed by atoms with Crippen molar-refractivity contribution in [2.24, 2.45) is 18.2 Å². The number of nitrogens with one attached hydrogen (secondary N) is 1. The molecular weight excluding hydrogens is 202 g/mol. The maximum Gasteiger partial charge on any atom is 0.110 e. The Balaban J connectivity index is 2.19. The number of nitrogens with zero attached hydrogens (tertiary/aromatic N) is 3. The number of nitrogens with two attached hydrogens (primary N) is 1. The Bertz CT molecular complexity index is 414. The average Bonchev–Trinajstić information content (AvgIpc) is 2.71. The van der Waals surface area contributed by atoms with Crippen molar-refractivity contribution in [3.63, 3.8) is 0 Å². The molecule has 0 fully saturated rings. The van der Waals surface area contributed by atoms with Crippen LogP contribution in [-0.2, 0) is 7.05 Å². The van der Waals surface area contributed by atoms with E-state index < -0.39 is 5.66 Å². The summed E-state index contributed by atoms with van der Waals surface area (Å²) >= 11 is 0. The van der Waals surface area contributed by atoms with Gasteiger partial charge in [0.2, 0.25) is 0 Å². The minimum atomic E-state index is -0.525. The molecule has 1 aromatic heterocycles. The Morgan fingerprint density at radius 1 is 1.44 bits per heavy atom. The fraction of sp³-hybridized carbons (Fsp3) is 0.545. The van der Waals surface area contributed by atoms with E-state index in [-0.39, 0.29) is 5.41 Å². The average molecular weight is 221 g/mol. The highest BCUT2D eigenvalue weighted by Crippen LogP contribution is 2.31. The smallest absolute Gasteiger partial charge is 0.110 e. The molecule has 1 unspecified atom stereocenters. The van der Waals surface area contributed by atoms with E-state index in [0.29, 0.717) is 0 Å². The molecular formula is C11H19N5. The molecule has 0 saturated carbocycles. The lowest BCUT2D eigenvalue weighted by molar-refractivity contribution is 0.207. The molecule has 5 nitrogen and oxygen atoms in total. The number of hydrazine groups is 1. The van der Waals surface area contributed by atoms with Gasteiger partial charge >= 0.3 is 0 Å². The van der Waals surface area contributed by atoms with Crippen molar-refractivity contribution in [3.8, 4) is 0 Å². The van der Waals surface area contributed by atoms with Gasteiger partial charge in [-0.25, -0.2) is 5.43 Å². The molecule has 0 aromatic carbocycles. The van der Waals surface area contributed by atoms with E-state index >= 15 is 0 Å². The van der Waals surface area contributed by atoms with Gasteiger partial charge in [-0.15, -0.1) is 0 Å². The summed E-state index contributed by atoms with van der Waals surface area (Å²) in [5.41, 5.74) is 9.99. The number of rotatable bonds is 1. The van der Waals surface area contributed by atoms with Gasteiger partial charge in [0.15, 0.2) is 0 Å². The normalized spacial score (nSPS) is 25.4. The van der Waals surface area contributed by atoms with Crippen molar-refractivity contribution < 1.29 is 0 Å². The third-order valence-corrected chi connectivity index (χ3v) is 3.00. The number of aryl methyl sites for hydroxylation is 1. The van der Waals surface area contributed by atoms with E-state index in [2.05, 4.69) is 31.3 Å². The number of anilines is 1. The molecule has 88 valence electrons. The van der Waals surface area contributed by atoms with Gasteiger partial charge in [-0.2, -0.15) is 5.10 Å². The van der Waals surface area contributed by atoms with Crippen LogP contribution in [0.25, 0.3) is 0 Å². The van der Waals surface area contributed by atoms with Gasteiger partial charge < -0.3 is 5.73 Å². The van der Waals surface area contributed by atoms with Gasteiger partial charge in [-0.1, -0.05) is 20.8 Å². The van der Waals surface area contributed by atoms with Crippen LogP contribution in [0.15, 0.2) is 24.7 Å². The van der Waals surface area contributed by atoms with Crippen LogP contribution < -0.4 is 16.2 Å². The maximum absolute atomic E-state index is 6.30. The molecule has 0 saturated heterocycles. The van der Waals surface area contributed by atoms with Crippen LogP contribution in [-0.4, -0.2) is 15.4 Å². The summed E-state index contributed by atoms with van der Waals surface area (Å²) in [7, 11) is 1.89. The Labute approximate surface area is 95.9 Å². The molecule has 2 rings (SSSR count). The van der Waals surface area contributed by atoms with Gasteiger partial charge in [0.25, 0.3) is 0 Å². The van der Waals surface area contributed by atoms with Gasteiger partial charge in [-0.05, 0) is 11.5 Å². The lowest BCUT2D eigenvalue weighted by Gasteiger charge is -2.38. The summed E-state index contributed by atoms with van der Waals surface area (Å²) in [6, 6.07) is 0. The number of hydrogen-bond acceptors (Lipinski definition) is 4. The summed E-state index contributed by atoms with van der Waals surface area (Å²) in [4.78, 5) is 0. The molecule has 0 radical (unpaired) electrons. The summed E-state index contributed by atoms with van der Waals surface area (Å²) in [5.74, 6) is 0. The predicted octanol–water partition coefficient (Wildman–Crippen LogP) is 0.959. The topological polar surface area (TPSA) is 59.1 Å². The molecule has 5 heteroatoms. The van der Waals surface area contributed by atoms with Crippen LogP contribution >= 0.6 is 0 Å². The summed E-state index contributed by atoms with van der Waals surface area (Å²) in [6.07, 6.45) is 7.67. The van der Waals surface area contributed by atoms with E-state index in [1.165, 1.54) is 0 Å². The fourth-order valence-corrected chi connectivity index (χ4v) is 1.57. The minimum Gasteiger partial charge on any atom is -0.308 e. The number of aromatic nitrogens is 2. The molecule has 2 heterocycles. The zero-order valence-corrected chi connectivity index (χ0v) is 10.2. The molecule has 1 atom stereocenters. The molecule has 0 spiro atoms.